The second-order valence-electron chi connectivity index (χ2n) is 6.12. The monoisotopic (exact) mass is 286 g/mol. The molecule has 1 atom stereocenters. The number of alkyl halides is 1. The normalized spacial score (nSPS) is 46.9. The molecule has 3 heteroatoms. The summed E-state index contributed by atoms with van der Waals surface area (Å²) in [6, 6.07) is 0. The van der Waals surface area contributed by atoms with Gasteiger partial charge >= 0.3 is 5.97 Å². The van der Waals surface area contributed by atoms with Crippen molar-refractivity contribution in [2.24, 2.45) is 29.6 Å². The molecule has 4 rings (SSSR count). The van der Waals surface area contributed by atoms with Crippen LogP contribution in [0.25, 0.3) is 0 Å². The number of halogens is 1. The summed E-state index contributed by atoms with van der Waals surface area (Å²) in [6.45, 7) is 0. The zero-order valence-corrected chi connectivity index (χ0v) is 11.0. The lowest BCUT2D eigenvalue weighted by atomic mass is 9.51. The van der Waals surface area contributed by atoms with Gasteiger partial charge in [-0.05, 0) is 61.7 Å². The van der Waals surface area contributed by atoms with Gasteiger partial charge in [0.15, 0.2) is 0 Å². The lowest BCUT2D eigenvalue weighted by Crippen LogP contribution is -2.48. The first-order valence-electron chi connectivity index (χ1n) is 6.49. The van der Waals surface area contributed by atoms with Crippen LogP contribution in [0, 0.1) is 29.6 Å². The molecule has 0 heterocycles. The van der Waals surface area contributed by atoms with Gasteiger partial charge in [-0.2, -0.15) is 0 Å². The Balaban J connectivity index is 1.73. The maximum Gasteiger partial charge on any atom is 0.304 e. The summed E-state index contributed by atoms with van der Waals surface area (Å²) in [5.74, 6) is 3.58. The average Bonchev–Trinajstić information content (AvgIpc) is 2.13. The number of carboxylic acids is 1. The molecule has 1 N–H and O–H groups in total. The minimum Gasteiger partial charge on any atom is -0.481 e. The fourth-order valence-corrected chi connectivity index (χ4v) is 6.00. The number of aliphatic carboxylic acids is 1. The molecule has 2 nitrogen and oxygen atoms in total. The molecule has 4 aliphatic carbocycles. The van der Waals surface area contributed by atoms with Gasteiger partial charge in [0, 0.05) is 4.83 Å². The SMILES string of the molecule is O=C(O)CC(Br)C1C2CC3CC(C2)CC1C3. The summed E-state index contributed by atoms with van der Waals surface area (Å²) < 4.78 is 0. The summed E-state index contributed by atoms with van der Waals surface area (Å²) in [5, 5.41) is 8.91. The van der Waals surface area contributed by atoms with Gasteiger partial charge in [-0.1, -0.05) is 15.9 Å². The maximum atomic E-state index is 10.8. The van der Waals surface area contributed by atoms with Gasteiger partial charge in [0.2, 0.25) is 0 Å². The third kappa shape index (κ3) is 1.81. The smallest absolute Gasteiger partial charge is 0.304 e. The highest BCUT2D eigenvalue weighted by atomic mass is 79.9. The van der Waals surface area contributed by atoms with Crippen LogP contribution < -0.4 is 0 Å². The summed E-state index contributed by atoms with van der Waals surface area (Å²) in [6.07, 6.45) is 7.26. The summed E-state index contributed by atoms with van der Waals surface area (Å²) in [4.78, 5) is 11.0. The number of hydrogen-bond acceptors (Lipinski definition) is 1. The summed E-state index contributed by atoms with van der Waals surface area (Å²) in [7, 11) is 0. The minimum atomic E-state index is -0.657. The highest BCUT2D eigenvalue weighted by Crippen LogP contribution is 2.58. The van der Waals surface area contributed by atoms with Crippen LogP contribution in [0.3, 0.4) is 0 Å². The molecular formula is C13H19BrO2. The summed E-state index contributed by atoms with van der Waals surface area (Å²) in [5.41, 5.74) is 0. The van der Waals surface area contributed by atoms with Crippen LogP contribution >= 0.6 is 15.9 Å². The number of hydrogen-bond donors (Lipinski definition) is 1. The van der Waals surface area contributed by atoms with E-state index in [1.165, 1.54) is 32.1 Å². The molecule has 1 unspecified atom stereocenters. The second kappa shape index (κ2) is 4.01. The van der Waals surface area contributed by atoms with E-state index in [2.05, 4.69) is 15.9 Å². The molecular weight excluding hydrogens is 268 g/mol. The molecule has 90 valence electrons. The quantitative estimate of drug-likeness (QED) is 0.809. The Bertz CT molecular complexity index is 274. The van der Waals surface area contributed by atoms with Crippen LogP contribution in [-0.4, -0.2) is 15.9 Å². The highest BCUT2D eigenvalue weighted by Gasteiger charge is 2.50. The van der Waals surface area contributed by atoms with E-state index in [9.17, 15) is 4.79 Å². The van der Waals surface area contributed by atoms with Crippen molar-refractivity contribution in [1.82, 2.24) is 0 Å². The molecule has 0 radical (unpaired) electrons. The fourth-order valence-electron chi connectivity index (χ4n) is 4.86. The van der Waals surface area contributed by atoms with Gasteiger partial charge in [-0.15, -0.1) is 0 Å². The lowest BCUT2D eigenvalue weighted by molar-refractivity contribution is -0.137. The first-order chi connectivity index (χ1) is 7.63. The van der Waals surface area contributed by atoms with Crippen molar-refractivity contribution in [2.75, 3.05) is 0 Å². The van der Waals surface area contributed by atoms with E-state index in [1.807, 2.05) is 0 Å². The number of carbonyl (C=O) groups is 1. The Labute approximate surface area is 105 Å². The zero-order valence-electron chi connectivity index (χ0n) is 9.44. The molecule has 4 fully saturated rings. The van der Waals surface area contributed by atoms with Crippen molar-refractivity contribution in [2.45, 2.75) is 43.4 Å². The van der Waals surface area contributed by atoms with Crippen molar-refractivity contribution in [3.8, 4) is 0 Å². The largest absolute Gasteiger partial charge is 0.481 e. The van der Waals surface area contributed by atoms with Gasteiger partial charge in [0.25, 0.3) is 0 Å². The molecule has 0 aromatic carbocycles. The first-order valence-corrected chi connectivity index (χ1v) is 7.41. The van der Waals surface area contributed by atoms with E-state index < -0.39 is 5.97 Å². The molecule has 16 heavy (non-hydrogen) atoms. The Morgan fingerprint density at radius 1 is 1.12 bits per heavy atom. The Hall–Kier alpha value is -0.0500. The molecule has 4 bridgehead atoms. The minimum absolute atomic E-state index is 0.208. The molecule has 0 aliphatic heterocycles. The van der Waals surface area contributed by atoms with E-state index in [-0.39, 0.29) is 4.83 Å². The van der Waals surface area contributed by atoms with Crippen LogP contribution in [0.4, 0.5) is 0 Å². The first kappa shape index (κ1) is 11.1. The predicted molar refractivity (Wildman–Crippen MR) is 65.5 cm³/mol. The fraction of sp³-hybridized carbons (Fsp3) is 0.923. The molecule has 0 spiro atoms. The van der Waals surface area contributed by atoms with E-state index in [4.69, 9.17) is 5.11 Å². The molecule has 0 saturated heterocycles. The van der Waals surface area contributed by atoms with Crippen LogP contribution in [0.15, 0.2) is 0 Å². The van der Waals surface area contributed by atoms with Crippen molar-refractivity contribution < 1.29 is 9.90 Å². The molecule has 0 aromatic rings. The van der Waals surface area contributed by atoms with E-state index in [1.54, 1.807) is 0 Å². The van der Waals surface area contributed by atoms with Gasteiger partial charge in [0.05, 0.1) is 6.42 Å². The number of carboxylic acid groups (broad SMARTS) is 1. The Morgan fingerprint density at radius 3 is 2.06 bits per heavy atom. The molecule has 0 amide bonds. The van der Waals surface area contributed by atoms with E-state index in [0.29, 0.717) is 12.3 Å². The topological polar surface area (TPSA) is 37.3 Å². The maximum absolute atomic E-state index is 10.8. The molecule has 0 aromatic heterocycles. The standard InChI is InChI=1S/C13H19BrO2/c14-11(6-12(15)16)13-9-2-7-1-8(4-9)5-10(13)3-7/h7-11,13H,1-6H2,(H,15,16). The Morgan fingerprint density at radius 2 is 1.62 bits per heavy atom. The van der Waals surface area contributed by atoms with Gasteiger partial charge in [-0.3, -0.25) is 4.79 Å². The van der Waals surface area contributed by atoms with E-state index >= 15 is 0 Å². The Kier molecular flexibility index (Phi) is 2.77. The van der Waals surface area contributed by atoms with Crippen molar-refractivity contribution in [1.29, 1.82) is 0 Å². The van der Waals surface area contributed by atoms with Crippen LogP contribution in [0.5, 0.6) is 0 Å². The lowest BCUT2D eigenvalue weighted by Gasteiger charge is -2.55. The van der Waals surface area contributed by atoms with Crippen LogP contribution in [-0.2, 0) is 4.79 Å². The van der Waals surface area contributed by atoms with Gasteiger partial charge < -0.3 is 5.11 Å². The predicted octanol–water partition coefficient (Wildman–Crippen LogP) is 3.30. The van der Waals surface area contributed by atoms with E-state index in [0.717, 1.165) is 23.7 Å². The zero-order chi connectivity index (χ0) is 11.3. The van der Waals surface area contributed by atoms with Crippen molar-refractivity contribution in [3.05, 3.63) is 0 Å². The third-order valence-electron chi connectivity index (χ3n) is 5.09. The highest BCUT2D eigenvalue weighted by molar-refractivity contribution is 9.09. The number of rotatable bonds is 3. The van der Waals surface area contributed by atoms with Gasteiger partial charge in [-0.25, -0.2) is 0 Å². The summed E-state index contributed by atoms with van der Waals surface area (Å²) >= 11 is 3.65. The van der Waals surface area contributed by atoms with Crippen molar-refractivity contribution in [3.63, 3.8) is 0 Å². The average molecular weight is 287 g/mol. The van der Waals surface area contributed by atoms with Crippen molar-refractivity contribution >= 4 is 21.9 Å². The third-order valence-corrected chi connectivity index (χ3v) is 6.02. The van der Waals surface area contributed by atoms with Gasteiger partial charge in [0.1, 0.15) is 0 Å². The van der Waals surface area contributed by atoms with Crippen LogP contribution in [0.2, 0.25) is 0 Å². The molecule has 4 saturated carbocycles. The van der Waals surface area contributed by atoms with Crippen LogP contribution in [0.1, 0.15) is 38.5 Å². The second-order valence-corrected chi connectivity index (χ2v) is 7.30. The molecule has 4 aliphatic rings.